The van der Waals surface area contributed by atoms with Crippen LogP contribution in [0.2, 0.25) is 0 Å². The third kappa shape index (κ3) is 4.29. The molecule has 0 spiro atoms. The van der Waals surface area contributed by atoms with Crippen LogP contribution in [0.15, 0.2) is 33.7 Å². The molecule has 0 aromatic carbocycles. The Bertz CT molecular complexity index is 882. The van der Waals surface area contributed by atoms with Gasteiger partial charge in [-0.1, -0.05) is 13.0 Å². The van der Waals surface area contributed by atoms with Gasteiger partial charge in [-0.15, -0.1) is 0 Å². The summed E-state index contributed by atoms with van der Waals surface area (Å²) in [6.45, 7) is 2.79. The van der Waals surface area contributed by atoms with Gasteiger partial charge in [-0.25, -0.2) is 0 Å². The number of alkyl halides is 3. The van der Waals surface area contributed by atoms with Crippen molar-refractivity contribution in [1.82, 2.24) is 9.91 Å². The minimum Gasteiger partial charge on any atom is -0.501 e. The summed E-state index contributed by atoms with van der Waals surface area (Å²) in [4.78, 5) is 19.8. The number of amides is 1. The molecule has 4 aliphatic rings. The number of aliphatic imine (C=N–C) groups is 1. The Hall–Kier alpha value is -2.36. The van der Waals surface area contributed by atoms with Crippen molar-refractivity contribution in [3.05, 3.63) is 23.6 Å². The first-order valence-corrected chi connectivity index (χ1v) is 10.9. The van der Waals surface area contributed by atoms with Gasteiger partial charge >= 0.3 is 6.18 Å². The van der Waals surface area contributed by atoms with Gasteiger partial charge in [-0.05, 0) is 25.3 Å². The predicted octanol–water partition coefficient (Wildman–Crippen LogP) is 3.00. The lowest BCUT2D eigenvalue weighted by Crippen LogP contribution is -2.46. The lowest BCUT2D eigenvalue weighted by Gasteiger charge is -2.30. The molecule has 1 saturated heterocycles. The number of ether oxygens (including phenoxy) is 2. The third-order valence-corrected chi connectivity index (χ3v) is 6.73. The molecule has 1 amide bonds. The number of likely N-dealkylation sites (tertiary alicyclic amines) is 1. The average molecular weight is 454 g/mol. The van der Waals surface area contributed by atoms with Crippen LogP contribution in [0.5, 0.6) is 0 Å². The molecule has 5 unspecified atom stereocenters. The van der Waals surface area contributed by atoms with Crippen LogP contribution in [0.25, 0.3) is 0 Å². The monoisotopic (exact) mass is 454 g/mol. The SMILES string of the molecule is COC1=CC(C2=CC(C)C3C(=O)N(C4C=NN(CC(F)(F)F)C4)[C@@H](C)C3=N2)CC(OC)C1. The molecule has 10 heteroatoms. The summed E-state index contributed by atoms with van der Waals surface area (Å²) in [5, 5.41) is 4.85. The number of methoxy groups -OCH3 is 2. The minimum absolute atomic E-state index is 0.0197. The highest BCUT2D eigenvalue weighted by molar-refractivity contribution is 6.14. The van der Waals surface area contributed by atoms with Gasteiger partial charge in [0.05, 0.1) is 49.2 Å². The lowest BCUT2D eigenvalue weighted by atomic mass is 9.82. The minimum atomic E-state index is -4.34. The molecule has 7 nitrogen and oxygen atoms in total. The van der Waals surface area contributed by atoms with E-state index in [1.54, 1.807) is 19.1 Å². The van der Waals surface area contributed by atoms with Crippen molar-refractivity contribution >= 4 is 17.8 Å². The third-order valence-electron chi connectivity index (χ3n) is 6.73. The molecule has 0 aromatic heterocycles. The molecule has 3 aliphatic heterocycles. The molecule has 1 fully saturated rings. The van der Waals surface area contributed by atoms with Gasteiger partial charge in [0.15, 0.2) is 0 Å². The Morgan fingerprint density at radius 2 is 1.97 bits per heavy atom. The number of hydrogen-bond acceptors (Lipinski definition) is 6. The summed E-state index contributed by atoms with van der Waals surface area (Å²) in [6.07, 6.45) is 2.72. The molecular formula is C22H29F3N4O3. The maximum absolute atomic E-state index is 13.3. The first-order valence-electron chi connectivity index (χ1n) is 10.9. The summed E-state index contributed by atoms with van der Waals surface area (Å²) in [6, 6.07) is -0.815. The Kier molecular flexibility index (Phi) is 6.08. The van der Waals surface area contributed by atoms with E-state index in [9.17, 15) is 18.0 Å². The second kappa shape index (κ2) is 8.53. The number of hydrogen-bond donors (Lipinski definition) is 0. The number of carbonyl (C=O) groups is 1. The van der Waals surface area contributed by atoms with Gasteiger partial charge in [-0.3, -0.25) is 14.8 Å². The van der Waals surface area contributed by atoms with Crippen LogP contribution in [-0.2, 0) is 14.3 Å². The second-order valence-electron chi connectivity index (χ2n) is 8.92. The van der Waals surface area contributed by atoms with Crippen molar-refractivity contribution < 1.29 is 27.4 Å². The summed E-state index contributed by atoms with van der Waals surface area (Å²) in [5.41, 5.74) is 1.66. The number of halogens is 3. The summed E-state index contributed by atoms with van der Waals surface area (Å²) >= 11 is 0. The van der Waals surface area contributed by atoms with Gasteiger partial charge in [0.1, 0.15) is 6.54 Å². The molecule has 0 bridgehead atoms. The molecule has 176 valence electrons. The van der Waals surface area contributed by atoms with Crippen LogP contribution in [0.3, 0.4) is 0 Å². The van der Waals surface area contributed by atoms with Crippen molar-refractivity contribution in [3.8, 4) is 0 Å². The maximum atomic E-state index is 13.3. The zero-order chi connectivity index (χ0) is 23.2. The van der Waals surface area contributed by atoms with Crippen molar-refractivity contribution in [1.29, 1.82) is 0 Å². The van der Waals surface area contributed by atoms with E-state index in [4.69, 9.17) is 14.5 Å². The fourth-order valence-corrected chi connectivity index (χ4v) is 5.19. The van der Waals surface area contributed by atoms with E-state index in [1.807, 2.05) is 19.9 Å². The summed E-state index contributed by atoms with van der Waals surface area (Å²) < 4.78 is 49.3. The highest BCUT2D eigenvalue weighted by Gasteiger charge is 2.50. The van der Waals surface area contributed by atoms with Crippen LogP contribution in [0.1, 0.15) is 26.7 Å². The molecule has 3 heterocycles. The van der Waals surface area contributed by atoms with Crippen LogP contribution in [-0.4, -0.2) is 79.4 Å². The average Bonchev–Trinajstić information content (AvgIpc) is 3.28. The number of carbonyl (C=O) groups excluding carboxylic acids is 1. The van der Waals surface area contributed by atoms with Crippen LogP contribution < -0.4 is 0 Å². The second-order valence-corrected chi connectivity index (χ2v) is 8.92. The number of hydrazone groups is 1. The molecule has 0 saturated carbocycles. The first-order chi connectivity index (χ1) is 15.1. The van der Waals surface area contributed by atoms with E-state index < -0.39 is 24.7 Å². The quantitative estimate of drug-likeness (QED) is 0.641. The molecule has 1 aliphatic carbocycles. The van der Waals surface area contributed by atoms with E-state index in [1.165, 1.54) is 6.21 Å². The highest BCUT2D eigenvalue weighted by Crippen LogP contribution is 2.40. The highest BCUT2D eigenvalue weighted by atomic mass is 19.4. The molecular weight excluding hydrogens is 425 g/mol. The van der Waals surface area contributed by atoms with E-state index in [2.05, 4.69) is 11.2 Å². The Labute approximate surface area is 185 Å². The molecule has 6 atom stereocenters. The standard InChI is InChI=1S/C22H29F3N4O3/c1-12-5-18(14-6-16(31-3)8-17(7-14)32-4)27-20-13(2)29(21(30)19(12)20)15-9-26-28(10-15)11-22(23,24)25/h5-6,9,12-15,17,19H,7-8,10-11H2,1-4H3/t12?,13-,14?,15?,17?,19?/m0/s1. The van der Waals surface area contributed by atoms with E-state index in [-0.39, 0.29) is 36.4 Å². The number of rotatable bonds is 5. The largest absolute Gasteiger partial charge is 0.501 e. The topological polar surface area (TPSA) is 66.7 Å². The number of fused-ring (bicyclic) bond motifs is 1. The molecule has 0 aromatic rings. The van der Waals surface area contributed by atoms with E-state index in [0.29, 0.717) is 6.42 Å². The first kappa shape index (κ1) is 22.8. The number of nitrogens with zero attached hydrogens (tertiary/aromatic N) is 4. The fraction of sp³-hybridized carbons (Fsp3) is 0.682. The Morgan fingerprint density at radius 3 is 2.62 bits per heavy atom. The normalized spacial score (nSPS) is 35.0. The summed E-state index contributed by atoms with van der Waals surface area (Å²) in [5.74, 6) is 0.311. The lowest BCUT2D eigenvalue weighted by molar-refractivity contribution is -0.146. The predicted molar refractivity (Wildman–Crippen MR) is 113 cm³/mol. The molecule has 0 radical (unpaired) electrons. The molecule has 0 N–H and O–H groups in total. The maximum Gasteiger partial charge on any atom is 0.407 e. The molecule has 4 rings (SSSR count). The van der Waals surface area contributed by atoms with Crippen LogP contribution >= 0.6 is 0 Å². The zero-order valence-electron chi connectivity index (χ0n) is 18.7. The van der Waals surface area contributed by atoms with Gasteiger partial charge in [0, 0.05) is 31.4 Å². The van der Waals surface area contributed by atoms with Crippen LogP contribution in [0.4, 0.5) is 13.2 Å². The van der Waals surface area contributed by atoms with Crippen molar-refractivity contribution in [2.75, 3.05) is 27.3 Å². The summed E-state index contributed by atoms with van der Waals surface area (Å²) in [7, 11) is 3.32. The van der Waals surface area contributed by atoms with Crippen molar-refractivity contribution in [3.63, 3.8) is 0 Å². The smallest absolute Gasteiger partial charge is 0.407 e. The van der Waals surface area contributed by atoms with Crippen LogP contribution in [0, 0.1) is 17.8 Å². The molecule has 32 heavy (non-hydrogen) atoms. The zero-order valence-corrected chi connectivity index (χ0v) is 18.7. The van der Waals surface area contributed by atoms with Gasteiger partial charge < -0.3 is 14.4 Å². The Balaban J connectivity index is 1.55. The van der Waals surface area contributed by atoms with Gasteiger partial charge in [0.25, 0.3) is 0 Å². The van der Waals surface area contributed by atoms with Gasteiger partial charge in [-0.2, -0.15) is 18.3 Å². The van der Waals surface area contributed by atoms with E-state index in [0.717, 1.165) is 28.6 Å². The fourth-order valence-electron chi connectivity index (χ4n) is 5.19. The Morgan fingerprint density at radius 1 is 1.22 bits per heavy atom. The van der Waals surface area contributed by atoms with E-state index >= 15 is 0 Å². The van der Waals surface area contributed by atoms with Crippen molar-refractivity contribution in [2.45, 2.75) is 51.1 Å². The number of allylic oxidation sites excluding steroid dienone is 2. The van der Waals surface area contributed by atoms with Gasteiger partial charge in [0.2, 0.25) is 5.91 Å². The van der Waals surface area contributed by atoms with Crippen molar-refractivity contribution in [2.24, 2.45) is 27.8 Å².